The third kappa shape index (κ3) is 10.8. The zero-order valence-corrected chi connectivity index (χ0v) is 32.8. The first-order chi connectivity index (χ1) is 23.8. The summed E-state index contributed by atoms with van der Waals surface area (Å²) < 4.78 is 0. The summed E-state index contributed by atoms with van der Waals surface area (Å²) >= 11 is 0. The molecule has 4 aliphatic carbocycles. The van der Waals surface area contributed by atoms with Crippen molar-refractivity contribution < 1.29 is 24.6 Å². The van der Waals surface area contributed by atoms with Gasteiger partial charge in [-0.1, -0.05) is 123 Å². The predicted octanol–water partition coefficient (Wildman–Crippen LogP) is 11.4. The van der Waals surface area contributed by atoms with Gasteiger partial charge < -0.3 is 15.5 Å². The summed E-state index contributed by atoms with van der Waals surface area (Å²) in [5.74, 6) is 3.84. The highest BCUT2D eigenvalue weighted by molar-refractivity contribution is 5.83. The highest BCUT2D eigenvalue weighted by Gasteiger charge is 2.59. The number of nitrogens with one attached hydrogen (secondary N) is 1. The van der Waals surface area contributed by atoms with Crippen LogP contribution >= 0.6 is 0 Å². The minimum atomic E-state index is -1.18. The molecule has 0 spiro atoms. The molecular formula is C44H75NO5. The second-order valence-corrected chi connectivity index (χ2v) is 18.5. The molecule has 4 aliphatic rings. The fourth-order valence-electron chi connectivity index (χ4n) is 11.8. The summed E-state index contributed by atoms with van der Waals surface area (Å²) in [6.07, 6.45) is 30.5. The van der Waals surface area contributed by atoms with E-state index in [1.54, 1.807) is 0 Å². The van der Waals surface area contributed by atoms with Crippen LogP contribution in [0.2, 0.25) is 0 Å². The molecule has 4 rings (SSSR count). The first kappa shape index (κ1) is 40.9. The van der Waals surface area contributed by atoms with Crippen molar-refractivity contribution in [2.45, 2.75) is 195 Å². The molecule has 286 valence electrons. The van der Waals surface area contributed by atoms with E-state index < -0.39 is 18.0 Å². The first-order valence-corrected chi connectivity index (χ1v) is 21.3. The lowest BCUT2D eigenvalue weighted by atomic mass is 9.46. The average molecular weight is 698 g/mol. The van der Waals surface area contributed by atoms with E-state index in [2.05, 4.69) is 46.0 Å². The molecule has 0 aromatic heterocycles. The summed E-state index contributed by atoms with van der Waals surface area (Å²) in [4.78, 5) is 34.0. The highest BCUT2D eigenvalue weighted by atomic mass is 16.4. The Hall–Kier alpha value is -1.85. The van der Waals surface area contributed by atoms with Crippen molar-refractivity contribution >= 4 is 17.8 Å². The minimum absolute atomic E-state index is 0.0891. The molecule has 0 aromatic carbocycles. The zero-order valence-electron chi connectivity index (χ0n) is 32.8. The third-order valence-electron chi connectivity index (χ3n) is 14.7. The number of aliphatic carboxylic acids is 2. The minimum Gasteiger partial charge on any atom is -0.481 e. The van der Waals surface area contributed by atoms with Crippen LogP contribution in [0, 0.1) is 52.3 Å². The Bertz CT molecular complexity index is 1130. The lowest BCUT2D eigenvalue weighted by Crippen LogP contribution is -2.50. The third-order valence-corrected chi connectivity index (χ3v) is 14.7. The van der Waals surface area contributed by atoms with Crippen molar-refractivity contribution in [3.63, 3.8) is 0 Å². The number of hydrogen-bond acceptors (Lipinski definition) is 3. The fraction of sp³-hybridized carbons (Fsp3) is 0.886. The van der Waals surface area contributed by atoms with Crippen LogP contribution in [0.25, 0.3) is 0 Å². The van der Waals surface area contributed by atoms with Gasteiger partial charge in [0.15, 0.2) is 0 Å². The van der Waals surface area contributed by atoms with Crippen LogP contribution in [0.4, 0.5) is 0 Å². The molecule has 6 nitrogen and oxygen atoms in total. The van der Waals surface area contributed by atoms with Crippen molar-refractivity contribution in [2.24, 2.45) is 52.3 Å². The largest absolute Gasteiger partial charge is 0.481 e. The fourth-order valence-corrected chi connectivity index (χ4v) is 11.8. The molecular weight excluding hydrogens is 622 g/mol. The second-order valence-electron chi connectivity index (χ2n) is 18.5. The maximum Gasteiger partial charge on any atom is 0.326 e. The van der Waals surface area contributed by atoms with Gasteiger partial charge in [0.2, 0.25) is 5.91 Å². The number of unbranched alkanes of at least 4 members (excludes halogenated alkanes) is 8. The van der Waals surface area contributed by atoms with E-state index in [4.69, 9.17) is 5.11 Å². The van der Waals surface area contributed by atoms with E-state index >= 15 is 0 Å². The SMILES string of the molecule is CC(C)CCC[C@@H](C)[C@H]1CCC2C3CC=C4CC(CCCCCCCCCCCC(=O)N[C@@H](CCC(=O)O)C(=O)O)CC[C@]4(C)C3CC[C@@]21C. The van der Waals surface area contributed by atoms with Crippen LogP contribution in [0.15, 0.2) is 11.6 Å². The first-order valence-electron chi connectivity index (χ1n) is 21.3. The maximum atomic E-state index is 12.1. The zero-order chi connectivity index (χ0) is 36.3. The molecule has 0 aromatic rings. The van der Waals surface area contributed by atoms with Gasteiger partial charge in [0.05, 0.1) is 0 Å². The topological polar surface area (TPSA) is 104 Å². The summed E-state index contributed by atoms with van der Waals surface area (Å²) in [6, 6.07) is -1.12. The van der Waals surface area contributed by atoms with Crippen LogP contribution in [0.5, 0.6) is 0 Å². The van der Waals surface area contributed by atoms with Gasteiger partial charge in [-0.3, -0.25) is 9.59 Å². The number of hydrogen-bond donors (Lipinski definition) is 3. The molecule has 3 fully saturated rings. The van der Waals surface area contributed by atoms with Gasteiger partial charge in [0.1, 0.15) is 6.04 Å². The van der Waals surface area contributed by atoms with Crippen LogP contribution in [-0.4, -0.2) is 34.1 Å². The number of fused-ring (bicyclic) bond motifs is 5. The van der Waals surface area contributed by atoms with Gasteiger partial charge in [-0.2, -0.15) is 0 Å². The van der Waals surface area contributed by atoms with Gasteiger partial charge in [-0.05, 0) is 116 Å². The average Bonchev–Trinajstić information content (AvgIpc) is 3.42. The van der Waals surface area contributed by atoms with E-state index in [9.17, 15) is 19.5 Å². The van der Waals surface area contributed by atoms with E-state index in [1.165, 1.54) is 116 Å². The Balaban J connectivity index is 1.08. The quantitative estimate of drug-likeness (QED) is 0.0771. The second kappa shape index (κ2) is 19.3. The van der Waals surface area contributed by atoms with Gasteiger partial charge in [-0.15, -0.1) is 0 Å². The molecule has 50 heavy (non-hydrogen) atoms. The number of allylic oxidation sites excluding steroid dienone is 2. The molecule has 0 heterocycles. The van der Waals surface area contributed by atoms with E-state index in [1.807, 2.05) is 5.57 Å². The van der Waals surface area contributed by atoms with Crippen molar-refractivity contribution in [1.29, 1.82) is 0 Å². The van der Waals surface area contributed by atoms with Gasteiger partial charge >= 0.3 is 11.9 Å². The molecule has 9 atom stereocenters. The van der Waals surface area contributed by atoms with Crippen LogP contribution < -0.4 is 5.32 Å². The summed E-state index contributed by atoms with van der Waals surface area (Å²) in [5.41, 5.74) is 2.90. The molecule has 6 heteroatoms. The Labute approximate surface area is 305 Å². The lowest BCUT2D eigenvalue weighted by molar-refractivity contribution is -0.143. The smallest absolute Gasteiger partial charge is 0.326 e. The summed E-state index contributed by atoms with van der Waals surface area (Å²) in [7, 11) is 0. The van der Waals surface area contributed by atoms with E-state index in [-0.39, 0.29) is 18.7 Å². The molecule has 0 bridgehead atoms. The molecule has 1 amide bonds. The molecule has 0 aliphatic heterocycles. The van der Waals surface area contributed by atoms with Crippen molar-refractivity contribution in [2.75, 3.05) is 0 Å². The van der Waals surface area contributed by atoms with Crippen LogP contribution in [0.1, 0.15) is 189 Å². The van der Waals surface area contributed by atoms with Crippen molar-refractivity contribution in [1.82, 2.24) is 5.32 Å². The number of amides is 1. The van der Waals surface area contributed by atoms with Crippen LogP contribution in [0.3, 0.4) is 0 Å². The number of carbonyl (C=O) groups is 3. The lowest BCUT2D eigenvalue weighted by Gasteiger charge is -2.58. The van der Waals surface area contributed by atoms with Gasteiger partial charge in [0.25, 0.3) is 0 Å². The van der Waals surface area contributed by atoms with Gasteiger partial charge in [0, 0.05) is 12.8 Å². The highest BCUT2D eigenvalue weighted by Crippen LogP contribution is 2.67. The molecule has 4 unspecified atom stereocenters. The Morgan fingerprint density at radius 3 is 2.12 bits per heavy atom. The number of carboxylic acids is 2. The Kier molecular flexibility index (Phi) is 15.8. The Morgan fingerprint density at radius 1 is 0.780 bits per heavy atom. The Morgan fingerprint density at radius 2 is 1.46 bits per heavy atom. The van der Waals surface area contributed by atoms with Crippen molar-refractivity contribution in [3.05, 3.63) is 11.6 Å². The number of carbonyl (C=O) groups excluding carboxylic acids is 1. The molecule has 0 saturated heterocycles. The number of rotatable bonds is 22. The van der Waals surface area contributed by atoms with E-state index in [0.717, 1.165) is 60.7 Å². The monoisotopic (exact) mass is 698 g/mol. The van der Waals surface area contributed by atoms with Gasteiger partial charge in [-0.25, -0.2) is 4.79 Å². The standard InChI is InChI=1S/C44H75NO5/c1-31(2)16-15-17-32(3)36-22-23-37-35-21-20-34-30-33(26-28-43(34,4)38(35)27-29-44(36,37)5)18-13-11-9-7-6-8-10-12-14-19-40(46)45-39(42(49)50)24-25-41(47)48/h20,31-33,35-39H,6-19,21-30H2,1-5H3,(H,45,46)(H,47,48)(H,49,50)/t32-,33?,35?,36-,37?,38?,39+,43+,44-/m1/s1. The normalized spacial score (nSPS) is 31.6. The number of carboxylic acid groups (broad SMARTS) is 2. The maximum absolute atomic E-state index is 12.1. The molecule has 3 saturated carbocycles. The van der Waals surface area contributed by atoms with Crippen LogP contribution in [-0.2, 0) is 14.4 Å². The molecule has 3 N–H and O–H groups in total. The van der Waals surface area contributed by atoms with Crippen molar-refractivity contribution in [3.8, 4) is 0 Å². The molecule has 0 radical (unpaired) electrons. The van der Waals surface area contributed by atoms with E-state index in [0.29, 0.717) is 17.3 Å². The summed E-state index contributed by atoms with van der Waals surface area (Å²) in [5, 5.41) is 20.4. The predicted molar refractivity (Wildman–Crippen MR) is 204 cm³/mol. The summed E-state index contributed by atoms with van der Waals surface area (Å²) in [6.45, 7) is 12.8.